The zero-order chi connectivity index (χ0) is 24.8. The molecular formula is C27H32O7. The van der Waals surface area contributed by atoms with Gasteiger partial charge in [0.05, 0.1) is 0 Å². The maximum absolute atomic E-state index is 12.7. The topological polar surface area (TPSA) is 125 Å². The lowest BCUT2D eigenvalue weighted by Gasteiger charge is -2.11. The lowest BCUT2D eigenvalue weighted by molar-refractivity contribution is -0.119. The molecule has 0 bridgehead atoms. The summed E-state index contributed by atoms with van der Waals surface area (Å²) in [4.78, 5) is 37.4. The summed E-state index contributed by atoms with van der Waals surface area (Å²) >= 11 is 0. The Labute approximate surface area is 198 Å². The molecule has 0 atom stereocenters. The van der Waals surface area contributed by atoms with Crippen molar-refractivity contribution in [3.05, 3.63) is 34.9 Å². The normalized spacial score (nSPS) is 11.4. The number of ketones is 2. The number of benzene rings is 2. The molecule has 0 unspecified atom stereocenters. The average molecular weight is 469 g/mol. The lowest BCUT2D eigenvalue weighted by atomic mass is 9.91. The Morgan fingerprint density at radius 1 is 0.794 bits per heavy atom. The van der Waals surface area contributed by atoms with Crippen LogP contribution in [0.5, 0.6) is 11.5 Å². The summed E-state index contributed by atoms with van der Waals surface area (Å²) < 4.78 is 5.85. The Morgan fingerprint density at radius 3 is 1.97 bits per heavy atom. The average Bonchev–Trinajstić information content (AvgIpc) is 3.11. The number of aromatic hydroxyl groups is 2. The van der Waals surface area contributed by atoms with Gasteiger partial charge in [-0.2, -0.15) is 0 Å². The molecule has 3 rings (SSSR count). The molecule has 0 aliphatic heterocycles. The summed E-state index contributed by atoms with van der Waals surface area (Å²) in [6.45, 7) is 4.09. The molecule has 7 heteroatoms. The van der Waals surface area contributed by atoms with Crippen molar-refractivity contribution >= 4 is 39.5 Å². The van der Waals surface area contributed by atoms with E-state index < -0.39 is 11.7 Å². The second kappa shape index (κ2) is 11.2. The largest absolute Gasteiger partial charge is 0.508 e. The summed E-state index contributed by atoms with van der Waals surface area (Å²) in [6, 6.07) is 4.09. The van der Waals surface area contributed by atoms with E-state index in [9.17, 15) is 29.7 Å². The van der Waals surface area contributed by atoms with E-state index in [2.05, 4.69) is 6.92 Å². The first-order valence-electron chi connectivity index (χ1n) is 12.0. The number of hydrogen-bond donors (Lipinski definition) is 3. The SMILES string of the molecule is CCCCCC(=O)Cc1cc(O)cc2oc3cc(O)c(C(=O)O)c(CC(=O)CCCCC)c3c12. The van der Waals surface area contributed by atoms with Crippen LogP contribution in [-0.4, -0.2) is 32.9 Å². The molecule has 0 saturated carbocycles. The fourth-order valence-electron chi connectivity index (χ4n) is 4.48. The maximum Gasteiger partial charge on any atom is 0.339 e. The van der Waals surface area contributed by atoms with Crippen molar-refractivity contribution in [2.75, 3.05) is 0 Å². The predicted molar refractivity (Wildman–Crippen MR) is 130 cm³/mol. The van der Waals surface area contributed by atoms with Crippen molar-refractivity contribution in [2.45, 2.75) is 78.1 Å². The molecule has 3 aromatic rings. The van der Waals surface area contributed by atoms with Gasteiger partial charge in [-0.15, -0.1) is 0 Å². The van der Waals surface area contributed by atoms with Crippen LogP contribution in [0.25, 0.3) is 21.9 Å². The van der Waals surface area contributed by atoms with Crippen LogP contribution in [0.3, 0.4) is 0 Å². The van der Waals surface area contributed by atoms with Crippen LogP contribution < -0.4 is 0 Å². The van der Waals surface area contributed by atoms with Gasteiger partial charge in [0.1, 0.15) is 39.8 Å². The standard InChI is InChI=1S/C27H32O7/c1-3-5-7-9-17(28)11-16-12-19(30)14-22-24(16)26-20(13-18(29)10-8-6-4-2)25(27(32)33)21(31)15-23(26)34-22/h12,14-15,30-31H,3-11,13H2,1-2H3,(H,32,33). The molecule has 0 fully saturated rings. The van der Waals surface area contributed by atoms with Gasteiger partial charge in [0.25, 0.3) is 0 Å². The highest BCUT2D eigenvalue weighted by atomic mass is 16.4. The van der Waals surface area contributed by atoms with Crippen LogP contribution in [0.2, 0.25) is 0 Å². The van der Waals surface area contributed by atoms with E-state index in [1.165, 1.54) is 18.2 Å². The summed E-state index contributed by atoms with van der Waals surface area (Å²) in [7, 11) is 0. The van der Waals surface area contributed by atoms with Crippen molar-refractivity contribution in [3.63, 3.8) is 0 Å². The van der Waals surface area contributed by atoms with Crippen LogP contribution in [0, 0.1) is 0 Å². The third-order valence-electron chi connectivity index (χ3n) is 6.11. The van der Waals surface area contributed by atoms with Gasteiger partial charge in [-0.05, 0) is 30.0 Å². The van der Waals surface area contributed by atoms with Gasteiger partial charge in [-0.1, -0.05) is 39.5 Å². The van der Waals surface area contributed by atoms with E-state index >= 15 is 0 Å². The molecule has 1 aromatic heterocycles. The second-order valence-electron chi connectivity index (χ2n) is 8.85. The van der Waals surface area contributed by atoms with Crippen molar-refractivity contribution in [2.24, 2.45) is 0 Å². The van der Waals surface area contributed by atoms with Gasteiger partial charge < -0.3 is 19.7 Å². The number of unbranched alkanes of at least 4 members (excludes halogenated alkanes) is 4. The van der Waals surface area contributed by atoms with E-state index in [1.807, 2.05) is 6.92 Å². The van der Waals surface area contributed by atoms with Crippen molar-refractivity contribution < 1.29 is 34.1 Å². The van der Waals surface area contributed by atoms with Crippen LogP contribution in [0.15, 0.2) is 22.6 Å². The van der Waals surface area contributed by atoms with Gasteiger partial charge in [-0.3, -0.25) is 9.59 Å². The first-order chi connectivity index (χ1) is 16.3. The predicted octanol–water partition coefficient (Wildman–Crippen LogP) is 6.08. The van der Waals surface area contributed by atoms with E-state index in [0.29, 0.717) is 35.6 Å². The minimum Gasteiger partial charge on any atom is -0.508 e. The third kappa shape index (κ3) is 5.58. The van der Waals surface area contributed by atoms with E-state index in [4.69, 9.17) is 4.42 Å². The number of phenolic OH excluding ortho intramolecular Hbond substituents is 1. The van der Waals surface area contributed by atoms with E-state index in [1.54, 1.807) is 0 Å². The Balaban J connectivity index is 2.18. The lowest BCUT2D eigenvalue weighted by Crippen LogP contribution is -2.10. The Kier molecular flexibility index (Phi) is 8.31. The molecule has 0 radical (unpaired) electrons. The van der Waals surface area contributed by atoms with Crippen molar-refractivity contribution in [1.82, 2.24) is 0 Å². The summed E-state index contributed by atoms with van der Waals surface area (Å²) in [5.41, 5.74) is 0.824. The van der Waals surface area contributed by atoms with Crippen LogP contribution >= 0.6 is 0 Å². The van der Waals surface area contributed by atoms with Crippen LogP contribution in [0.1, 0.15) is 86.7 Å². The number of phenols is 2. The highest BCUT2D eigenvalue weighted by Gasteiger charge is 2.26. The Morgan fingerprint density at radius 2 is 1.38 bits per heavy atom. The molecule has 34 heavy (non-hydrogen) atoms. The fourth-order valence-corrected chi connectivity index (χ4v) is 4.48. The molecule has 0 amide bonds. The third-order valence-corrected chi connectivity index (χ3v) is 6.11. The highest BCUT2D eigenvalue weighted by molar-refractivity contribution is 6.14. The minimum absolute atomic E-state index is 0.00382. The number of aromatic carboxylic acids is 1. The fraction of sp³-hybridized carbons (Fsp3) is 0.444. The highest BCUT2D eigenvalue weighted by Crippen LogP contribution is 2.41. The molecule has 2 aromatic carbocycles. The number of Topliss-reactive ketones (excluding diaryl/α,β-unsaturated/α-hetero) is 2. The number of carbonyl (C=O) groups excluding carboxylic acids is 2. The number of carboxylic acids is 1. The smallest absolute Gasteiger partial charge is 0.339 e. The summed E-state index contributed by atoms with van der Waals surface area (Å²) in [5.74, 6) is -2.04. The minimum atomic E-state index is -1.35. The molecule has 3 N–H and O–H groups in total. The first kappa shape index (κ1) is 25.3. The molecule has 0 spiro atoms. The monoisotopic (exact) mass is 468 g/mol. The molecule has 0 aliphatic carbocycles. The van der Waals surface area contributed by atoms with Gasteiger partial charge in [0.15, 0.2) is 0 Å². The van der Waals surface area contributed by atoms with Gasteiger partial charge in [0, 0.05) is 48.6 Å². The van der Waals surface area contributed by atoms with E-state index in [0.717, 1.165) is 32.1 Å². The zero-order valence-electron chi connectivity index (χ0n) is 19.8. The molecule has 0 saturated heterocycles. The molecule has 182 valence electrons. The second-order valence-corrected chi connectivity index (χ2v) is 8.85. The quantitative estimate of drug-likeness (QED) is 0.260. The molecule has 0 aliphatic rings. The molecular weight excluding hydrogens is 436 g/mol. The van der Waals surface area contributed by atoms with E-state index in [-0.39, 0.29) is 52.5 Å². The number of rotatable bonds is 13. The van der Waals surface area contributed by atoms with Crippen LogP contribution in [0.4, 0.5) is 0 Å². The summed E-state index contributed by atoms with van der Waals surface area (Å²) in [5, 5.41) is 31.4. The Hall–Kier alpha value is -3.35. The number of furan rings is 1. The van der Waals surface area contributed by atoms with Gasteiger partial charge in [-0.25, -0.2) is 4.79 Å². The van der Waals surface area contributed by atoms with Crippen LogP contribution in [-0.2, 0) is 22.4 Å². The number of fused-ring (bicyclic) bond motifs is 3. The van der Waals surface area contributed by atoms with Crippen molar-refractivity contribution in [3.8, 4) is 11.5 Å². The number of carboxylic acid groups (broad SMARTS) is 1. The number of carbonyl (C=O) groups is 3. The first-order valence-corrected chi connectivity index (χ1v) is 12.0. The summed E-state index contributed by atoms with van der Waals surface area (Å²) in [6.07, 6.45) is 5.87. The van der Waals surface area contributed by atoms with Crippen molar-refractivity contribution in [1.29, 1.82) is 0 Å². The zero-order valence-corrected chi connectivity index (χ0v) is 19.8. The molecule has 7 nitrogen and oxygen atoms in total. The molecule has 1 heterocycles. The van der Waals surface area contributed by atoms with Gasteiger partial charge >= 0.3 is 5.97 Å². The van der Waals surface area contributed by atoms with Gasteiger partial charge in [0.2, 0.25) is 0 Å². The number of hydrogen-bond acceptors (Lipinski definition) is 6. The Bertz CT molecular complexity index is 1220. The maximum atomic E-state index is 12.7.